The van der Waals surface area contributed by atoms with Crippen LogP contribution in [0.4, 0.5) is 11.4 Å². The van der Waals surface area contributed by atoms with Crippen LogP contribution < -0.4 is 16.4 Å². The molecule has 48 heavy (non-hydrogen) atoms. The molecule has 1 amide bonds. The minimum Gasteiger partial charge on any atom is -0.457 e. The molecule has 0 saturated heterocycles. The SMILES string of the molecule is CC12CC(C=N)=C(Nc3ccc(N)cc3)C=C1CCC1C2C(O)CC2(C)C1CC[C@]2(OC(=O)c1ccco1)C(=O)NCc1ccccc1. The lowest BCUT2D eigenvalue weighted by atomic mass is 9.45. The van der Waals surface area contributed by atoms with E-state index in [1.165, 1.54) is 18.1 Å². The summed E-state index contributed by atoms with van der Waals surface area (Å²) >= 11 is 0. The number of furan rings is 1. The number of benzene rings is 2. The first-order chi connectivity index (χ1) is 23.1. The number of hydrogen-bond donors (Lipinski definition) is 5. The third-order valence-electron chi connectivity index (χ3n) is 12.0. The Balaban J connectivity index is 1.20. The van der Waals surface area contributed by atoms with Crippen LogP contribution in [0.2, 0.25) is 0 Å². The zero-order valence-corrected chi connectivity index (χ0v) is 27.5. The number of hydrogen-bond acceptors (Lipinski definition) is 8. The van der Waals surface area contributed by atoms with Crippen molar-refractivity contribution in [1.29, 1.82) is 5.41 Å². The molecule has 2 aromatic carbocycles. The lowest BCUT2D eigenvalue weighted by Gasteiger charge is -2.60. The summed E-state index contributed by atoms with van der Waals surface area (Å²) < 4.78 is 11.7. The molecule has 1 aromatic heterocycles. The van der Waals surface area contributed by atoms with E-state index in [1.807, 2.05) is 61.5 Å². The maximum atomic E-state index is 14.4. The average molecular weight is 649 g/mol. The van der Waals surface area contributed by atoms with E-state index in [9.17, 15) is 14.7 Å². The van der Waals surface area contributed by atoms with Gasteiger partial charge in [0.2, 0.25) is 5.76 Å². The number of carbonyl (C=O) groups is 2. The summed E-state index contributed by atoms with van der Waals surface area (Å²) in [6.07, 6.45) is 7.96. The highest BCUT2D eigenvalue weighted by atomic mass is 16.6. The van der Waals surface area contributed by atoms with Crippen molar-refractivity contribution in [3.63, 3.8) is 0 Å². The van der Waals surface area contributed by atoms with Gasteiger partial charge in [-0.05, 0) is 115 Å². The summed E-state index contributed by atoms with van der Waals surface area (Å²) in [5.41, 5.74) is 8.81. The molecule has 3 fully saturated rings. The van der Waals surface area contributed by atoms with Gasteiger partial charge in [-0.25, -0.2) is 4.79 Å². The Morgan fingerprint density at radius 3 is 2.56 bits per heavy atom. The van der Waals surface area contributed by atoms with Crippen LogP contribution >= 0.6 is 0 Å². The van der Waals surface area contributed by atoms with Crippen molar-refractivity contribution in [3.05, 3.63) is 107 Å². The van der Waals surface area contributed by atoms with Crippen molar-refractivity contribution in [2.75, 3.05) is 11.1 Å². The van der Waals surface area contributed by atoms with Gasteiger partial charge in [-0.15, -0.1) is 0 Å². The highest BCUT2D eigenvalue weighted by Crippen LogP contribution is 2.68. The van der Waals surface area contributed by atoms with Gasteiger partial charge in [-0.1, -0.05) is 49.8 Å². The van der Waals surface area contributed by atoms with Gasteiger partial charge in [0.1, 0.15) is 0 Å². The molecule has 0 spiro atoms. The quantitative estimate of drug-likeness (QED) is 0.104. The maximum Gasteiger partial charge on any atom is 0.375 e. The number of allylic oxidation sites excluding steroid dienone is 3. The number of ether oxygens (including phenoxy) is 1. The maximum absolute atomic E-state index is 14.4. The van der Waals surface area contributed by atoms with Crippen molar-refractivity contribution in [2.45, 2.75) is 70.6 Å². The highest BCUT2D eigenvalue weighted by molar-refractivity contribution is 5.93. The number of aliphatic hydroxyl groups is 1. The third kappa shape index (κ3) is 5.15. The molecule has 3 aromatic rings. The Labute approximate surface area is 281 Å². The van der Waals surface area contributed by atoms with Crippen molar-refractivity contribution >= 4 is 29.5 Å². The second-order valence-electron chi connectivity index (χ2n) is 14.5. The molecular weight excluding hydrogens is 604 g/mol. The number of fused-ring (bicyclic) bond motifs is 5. The molecule has 4 aliphatic carbocycles. The normalized spacial score (nSPS) is 32.3. The topological polar surface area (TPSA) is 151 Å². The Morgan fingerprint density at radius 1 is 1.08 bits per heavy atom. The molecule has 250 valence electrons. The number of nitrogen functional groups attached to an aromatic ring is 1. The van der Waals surface area contributed by atoms with Crippen LogP contribution in [0.15, 0.2) is 100 Å². The monoisotopic (exact) mass is 648 g/mol. The number of nitrogens with one attached hydrogen (secondary N) is 3. The number of carbonyl (C=O) groups excluding carboxylic acids is 2. The van der Waals surface area contributed by atoms with Crippen molar-refractivity contribution in [2.24, 2.45) is 28.6 Å². The molecular formula is C39H44N4O5. The van der Waals surface area contributed by atoms with E-state index in [-0.39, 0.29) is 34.8 Å². The predicted molar refractivity (Wildman–Crippen MR) is 184 cm³/mol. The number of aliphatic hydroxyl groups excluding tert-OH is 1. The van der Waals surface area contributed by atoms with Crippen LogP contribution in [0, 0.1) is 34.0 Å². The number of esters is 1. The Kier molecular flexibility index (Phi) is 8.06. The number of anilines is 2. The van der Waals surface area contributed by atoms with Gasteiger partial charge >= 0.3 is 5.97 Å². The summed E-state index contributed by atoms with van der Waals surface area (Å²) in [5, 5.41) is 27.2. The Morgan fingerprint density at radius 2 is 1.85 bits per heavy atom. The number of rotatable bonds is 8. The number of nitrogens with two attached hydrogens (primary N) is 1. The lowest BCUT2D eigenvalue weighted by Crippen LogP contribution is -2.64. The summed E-state index contributed by atoms with van der Waals surface area (Å²) in [6, 6.07) is 20.4. The third-order valence-corrected chi connectivity index (χ3v) is 12.0. The van der Waals surface area contributed by atoms with E-state index in [1.54, 1.807) is 12.1 Å². The molecule has 6 N–H and O–H groups in total. The smallest absolute Gasteiger partial charge is 0.375 e. The van der Waals surface area contributed by atoms with Crippen LogP contribution in [-0.4, -0.2) is 34.9 Å². The summed E-state index contributed by atoms with van der Waals surface area (Å²) in [4.78, 5) is 27.9. The van der Waals surface area contributed by atoms with Crippen LogP contribution in [0.5, 0.6) is 0 Å². The molecule has 0 aliphatic heterocycles. The zero-order valence-electron chi connectivity index (χ0n) is 27.5. The van der Waals surface area contributed by atoms with E-state index < -0.39 is 23.1 Å². The van der Waals surface area contributed by atoms with Gasteiger partial charge in [0.15, 0.2) is 5.60 Å². The van der Waals surface area contributed by atoms with Crippen molar-refractivity contribution in [1.82, 2.24) is 5.32 Å². The largest absolute Gasteiger partial charge is 0.457 e. The molecule has 7 atom stereocenters. The number of amides is 1. The Bertz CT molecular complexity index is 1770. The van der Waals surface area contributed by atoms with E-state index in [4.69, 9.17) is 20.3 Å². The molecule has 7 rings (SSSR count). The first kappa shape index (κ1) is 31.9. The van der Waals surface area contributed by atoms with Crippen LogP contribution in [0.3, 0.4) is 0 Å². The van der Waals surface area contributed by atoms with E-state index >= 15 is 0 Å². The van der Waals surface area contributed by atoms with Gasteiger partial charge in [-0.2, -0.15) is 0 Å². The minimum absolute atomic E-state index is 0.0397. The molecule has 9 heteroatoms. The summed E-state index contributed by atoms with van der Waals surface area (Å²) in [6.45, 7) is 4.57. The minimum atomic E-state index is -1.48. The molecule has 4 aliphatic rings. The Hall–Kier alpha value is -4.63. The fourth-order valence-corrected chi connectivity index (χ4v) is 9.77. The van der Waals surface area contributed by atoms with Gasteiger partial charge in [0.25, 0.3) is 5.91 Å². The molecule has 0 radical (unpaired) electrons. The second kappa shape index (κ2) is 12.1. The zero-order chi connectivity index (χ0) is 33.7. The summed E-state index contributed by atoms with van der Waals surface area (Å²) in [5.74, 6) is -0.906. The van der Waals surface area contributed by atoms with Crippen molar-refractivity contribution < 1.29 is 23.8 Å². The van der Waals surface area contributed by atoms with Crippen LogP contribution in [0.25, 0.3) is 0 Å². The second-order valence-corrected chi connectivity index (χ2v) is 14.5. The van der Waals surface area contributed by atoms with E-state index in [0.717, 1.165) is 35.4 Å². The van der Waals surface area contributed by atoms with E-state index in [0.29, 0.717) is 37.9 Å². The van der Waals surface area contributed by atoms with Crippen LogP contribution in [0.1, 0.15) is 68.5 Å². The van der Waals surface area contributed by atoms with Gasteiger partial charge in [0.05, 0.1) is 12.4 Å². The highest BCUT2D eigenvalue weighted by Gasteiger charge is 2.71. The predicted octanol–water partition coefficient (Wildman–Crippen LogP) is 6.63. The fourth-order valence-electron chi connectivity index (χ4n) is 9.77. The first-order valence-electron chi connectivity index (χ1n) is 16.9. The molecule has 0 bridgehead atoms. The van der Waals surface area contributed by atoms with Crippen LogP contribution in [-0.2, 0) is 16.1 Å². The van der Waals surface area contributed by atoms with Crippen molar-refractivity contribution in [3.8, 4) is 0 Å². The lowest BCUT2D eigenvalue weighted by molar-refractivity contribution is -0.182. The fraction of sp³-hybridized carbons (Fsp3) is 0.410. The van der Waals surface area contributed by atoms with Gasteiger partial charge in [0, 0.05) is 35.2 Å². The first-order valence-corrected chi connectivity index (χ1v) is 16.9. The average Bonchev–Trinajstić information content (AvgIpc) is 3.72. The standard InChI is InChI=1S/C39H44N4O5/c1-37-20-25(22-40)31(43-28-13-11-27(41)12-14-28)19-26(37)10-15-29-30-16-17-39(38(30,2)21-32(44)34(29)37,48-35(45)33-9-6-18-47-33)36(46)42-23-24-7-4-3-5-8-24/h3-9,11-14,18-19,22,29-30,32,34,40,43-44H,10,15-17,20-21,23,41H2,1-2H3,(H,42,46)/t29?,30?,32?,34?,37?,38?,39-/m0/s1. The molecule has 1 heterocycles. The molecule has 9 nitrogen and oxygen atoms in total. The van der Waals surface area contributed by atoms with Gasteiger partial charge < -0.3 is 36.0 Å². The summed E-state index contributed by atoms with van der Waals surface area (Å²) in [7, 11) is 0. The molecule has 6 unspecified atom stereocenters. The van der Waals surface area contributed by atoms with Gasteiger partial charge in [-0.3, -0.25) is 4.79 Å². The molecule has 3 saturated carbocycles. The van der Waals surface area contributed by atoms with E-state index in [2.05, 4.69) is 23.6 Å².